The molecule has 2 N–H and O–H groups in total. The smallest absolute Gasteiger partial charge is 0.408 e. The van der Waals surface area contributed by atoms with E-state index < -0.39 is 23.8 Å². The van der Waals surface area contributed by atoms with E-state index in [-0.39, 0.29) is 23.9 Å². The van der Waals surface area contributed by atoms with E-state index in [1.807, 2.05) is 58.2 Å². The van der Waals surface area contributed by atoms with Gasteiger partial charge in [-0.15, -0.1) is 0 Å². The number of thioether (sulfide) groups is 1. The fourth-order valence-corrected chi connectivity index (χ4v) is 4.58. The maximum Gasteiger partial charge on any atom is 0.408 e. The second-order valence-electron chi connectivity index (χ2n) is 11.5. The molecule has 3 atom stereocenters. The number of rotatable bonds is 13. The topological polar surface area (TPSA) is 87.7 Å². The van der Waals surface area contributed by atoms with Crippen LogP contribution in [0.5, 0.6) is 0 Å². The lowest BCUT2D eigenvalue weighted by atomic mass is 9.94. The van der Waals surface area contributed by atoms with Gasteiger partial charge < -0.3 is 20.3 Å². The van der Waals surface area contributed by atoms with Gasteiger partial charge in [-0.2, -0.15) is 11.8 Å². The first-order valence-corrected chi connectivity index (χ1v) is 14.7. The molecule has 0 spiro atoms. The van der Waals surface area contributed by atoms with E-state index in [0.29, 0.717) is 18.1 Å². The fraction of sp³-hybridized carbons (Fsp3) is 0.690. The predicted octanol–water partition coefficient (Wildman–Crippen LogP) is 5.86. The van der Waals surface area contributed by atoms with Crippen LogP contribution in [0, 0.1) is 12.8 Å². The molecule has 0 aliphatic rings. The van der Waals surface area contributed by atoms with Gasteiger partial charge in [0.25, 0.3) is 0 Å². The summed E-state index contributed by atoms with van der Waals surface area (Å²) in [6.07, 6.45) is 3.40. The summed E-state index contributed by atoms with van der Waals surface area (Å²) < 4.78 is 5.47. The van der Waals surface area contributed by atoms with Crippen LogP contribution in [-0.2, 0) is 14.3 Å². The average Bonchev–Trinajstić information content (AvgIpc) is 2.77. The minimum Gasteiger partial charge on any atom is -0.444 e. The molecule has 7 nitrogen and oxygen atoms in total. The Morgan fingerprint density at radius 3 is 2.11 bits per heavy atom. The van der Waals surface area contributed by atoms with Gasteiger partial charge in [-0.3, -0.25) is 9.59 Å². The highest BCUT2D eigenvalue weighted by atomic mass is 32.2. The minimum absolute atomic E-state index is 0.0888. The molecule has 0 heterocycles. The molecule has 0 aliphatic heterocycles. The van der Waals surface area contributed by atoms with Gasteiger partial charge in [0.15, 0.2) is 0 Å². The number of carbonyl (C=O) groups excluding carboxylic acids is 3. The first-order valence-electron chi connectivity index (χ1n) is 13.3. The van der Waals surface area contributed by atoms with Crippen LogP contribution in [0.3, 0.4) is 0 Å². The van der Waals surface area contributed by atoms with Crippen molar-refractivity contribution in [3.05, 3.63) is 35.4 Å². The molecule has 0 saturated carbocycles. The van der Waals surface area contributed by atoms with Gasteiger partial charge >= 0.3 is 6.09 Å². The molecule has 0 saturated heterocycles. The number of ether oxygens (including phenoxy) is 1. The van der Waals surface area contributed by atoms with E-state index in [2.05, 4.69) is 24.5 Å². The molecule has 0 aliphatic carbocycles. The first kappa shape index (κ1) is 32.8. The van der Waals surface area contributed by atoms with Gasteiger partial charge in [-0.1, -0.05) is 38.1 Å². The van der Waals surface area contributed by atoms with Gasteiger partial charge in [0, 0.05) is 12.1 Å². The van der Waals surface area contributed by atoms with E-state index in [9.17, 15) is 14.4 Å². The summed E-state index contributed by atoms with van der Waals surface area (Å²) in [5, 5.41) is 5.84. The number of aryl methyl sites for hydroxylation is 1. The number of nitrogens with one attached hydrogen (secondary N) is 2. The zero-order valence-electron chi connectivity index (χ0n) is 24.5. The number of benzene rings is 1. The standard InChI is InChI=1S/C29H49N3O4S/c1-19(2)15-16-22(6)32(25(26(33)30-20(3)4)23-14-12-11-13-21(23)5)27(34)24(17-18-37-10)31-28(35)36-29(7,8)9/h11-14,19-20,22,24-25H,15-18H2,1-10H3,(H,30,33)(H,31,35). The number of nitrogens with zero attached hydrogens (tertiary/aromatic N) is 1. The third-order valence-corrected chi connectivity index (χ3v) is 6.58. The second-order valence-corrected chi connectivity index (χ2v) is 12.5. The third-order valence-electron chi connectivity index (χ3n) is 5.93. The van der Waals surface area contributed by atoms with Crippen LogP contribution in [0.15, 0.2) is 24.3 Å². The molecule has 0 fully saturated rings. The van der Waals surface area contributed by atoms with Gasteiger partial charge in [-0.05, 0) is 96.8 Å². The molecular weight excluding hydrogens is 486 g/mol. The quantitative estimate of drug-likeness (QED) is 0.330. The van der Waals surface area contributed by atoms with Gasteiger partial charge in [0.2, 0.25) is 11.8 Å². The van der Waals surface area contributed by atoms with E-state index in [4.69, 9.17) is 4.74 Å². The van der Waals surface area contributed by atoms with Crippen molar-refractivity contribution in [1.29, 1.82) is 0 Å². The van der Waals surface area contributed by atoms with Crippen molar-refractivity contribution in [2.45, 2.75) is 111 Å². The molecule has 1 aromatic rings. The lowest BCUT2D eigenvalue weighted by Gasteiger charge is -2.39. The Morgan fingerprint density at radius 2 is 1.59 bits per heavy atom. The number of hydrogen-bond acceptors (Lipinski definition) is 5. The first-order chi connectivity index (χ1) is 17.2. The van der Waals surface area contributed by atoms with E-state index >= 15 is 0 Å². The monoisotopic (exact) mass is 535 g/mol. The molecule has 8 heteroatoms. The van der Waals surface area contributed by atoms with Crippen LogP contribution >= 0.6 is 11.8 Å². The summed E-state index contributed by atoms with van der Waals surface area (Å²) in [7, 11) is 0. The normalized spacial score (nSPS) is 14.2. The molecular formula is C29H49N3O4S. The minimum atomic E-state index is -0.824. The van der Waals surface area contributed by atoms with Crippen molar-refractivity contribution in [2.75, 3.05) is 12.0 Å². The maximum atomic E-state index is 14.3. The molecule has 3 amide bonds. The maximum absolute atomic E-state index is 14.3. The van der Waals surface area contributed by atoms with E-state index in [0.717, 1.165) is 24.0 Å². The average molecular weight is 536 g/mol. The van der Waals surface area contributed by atoms with Crippen LogP contribution < -0.4 is 10.6 Å². The Bertz CT molecular complexity index is 882. The Balaban J connectivity index is 3.60. The molecule has 3 unspecified atom stereocenters. The Labute approximate surface area is 228 Å². The number of hydrogen-bond donors (Lipinski definition) is 2. The van der Waals surface area contributed by atoms with Crippen LogP contribution in [0.1, 0.15) is 91.8 Å². The summed E-state index contributed by atoms with van der Waals surface area (Å²) in [5.41, 5.74) is 1.02. The van der Waals surface area contributed by atoms with Crippen molar-refractivity contribution < 1.29 is 19.1 Å². The lowest BCUT2D eigenvalue weighted by Crippen LogP contribution is -2.56. The fourth-order valence-electron chi connectivity index (χ4n) is 4.11. The van der Waals surface area contributed by atoms with Gasteiger partial charge in [-0.25, -0.2) is 4.79 Å². The molecule has 0 bridgehead atoms. The van der Waals surface area contributed by atoms with Crippen molar-refractivity contribution >= 4 is 29.7 Å². The van der Waals surface area contributed by atoms with Crippen molar-refractivity contribution in [3.63, 3.8) is 0 Å². The zero-order chi connectivity index (χ0) is 28.3. The molecule has 210 valence electrons. The van der Waals surface area contributed by atoms with Crippen LogP contribution in [0.2, 0.25) is 0 Å². The molecule has 0 aromatic heterocycles. The summed E-state index contributed by atoms with van der Waals surface area (Å²) in [4.78, 5) is 42.5. The summed E-state index contributed by atoms with van der Waals surface area (Å²) in [5.74, 6) is 0.624. The van der Waals surface area contributed by atoms with Gasteiger partial charge in [0.1, 0.15) is 17.7 Å². The van der Waals surface area contributed by atoms with Crippen molar-refractivity contribution in [3.8, 4) is 0 Å². The lowest BCUT2D eigenvalue weighted by molar-refractivity contribution is -0.145. The van der Waals surface area contributed by atoms with Gasteiger partial charge in [0.05, 0.1) is 0 Å². The van der Waals surface area contributed by atoms with Crippen molar-refractivity contribution in [2.24, 2.45) is 5.92 Å². The highest BCUT2D eigenvalue weighted by Gasteiger charge is 2.39. The second kappa shape index (κ2) is 15.3. The SMILES string of the molecule is CSCCC(NC(=O)OC(C)(C)C)C(=O)N(C(C)CCC(C)C)C(C(=O)NC(C)C)c1ccccc1C. The zero-order valence-corrected chi connectivity index (χ0v) is 25.3. The summed E-state index contributed by atoms with van der Waals surface area (Å²) >= 11 is 1.60. The van der Waals surface area contributed by atoms with Crippen LogP contribution in [0.4, 0.5) is 4.79 Å². The van der Waals surface area contributed by atoms with E-state index in [1.165, 1.54) is 0 Å². The largest absolute Gasteiger partial charge is 0.444 e. The molecule has 37 heavy (non-hydrogen) atoms. The molecule has 0 radical (unpaired) electrons. The van der Waals surface area contributed by atoms with Crippen LogP contribution in [-0.4, -0.2) is 58.5 Å². The van der Waals surface area contributed by atoms with E-state index in [1.54, 1.807) is 37.4 Å². The van der Waals surface area contributed by atoms with Crippen LogP contribution in [0.25, 0.3) is 0 Å². The Kier molecular flexibility index (Phi) is 13.5. The summed E-state index contributed by atoms with van der Waals surface area (Å²) in [6.45, 7) is 17.4. The highest BCUT2D eigenvalue weighted by molar-refractivity contribution is 7.98. The third kappa shape index (κ3) is 11.4. The Morgan fingerprint density at radius 1 is 0.973 bits per heavy atom. The molecule has 1 aromatic carbocycles. The Hall–Kier alpha value is -2.22. The van der Waals surface area contributed by atoms with Crippen molar-refractivity contribution in [1.82, 2.24) is 15.5 Å². The molecule has 1 rings (SSSR count). The predicted molar refractivity (Wildman–Crippen MR) is 154 cm³/mol. The summed E-state index contributed by atoms with van der Waals surface area (Å²) in [6, 6.07) is 5.73. The number of carbonyl (C=O) groups is 3. The highest BCUT2D eigenvalue weighted by Crippen LogP contribution is 2.30. The number of amides is 3. The number of alkyl carbamates (subject to hydrolysis) is 1.